The van der Waals surface area contributed by atoms with Crippen molar-refractivity contribution in [3.8, 4) is 0 Å². The molecule has 0 aliphatic carbocycles. The van der Waals surface area contributed by atoms with E-state index >= 15 is 0 Å². The molecule has 60 valence electrons. The Labute approximate surface area is 61.2 Å². The van der Waals surface area contributed by atoms with Crippen molar-refractivity contribution in [1.29, 1.82) is 0 Å². The summed E-state index contributed by atoms with van der Waals surface area (Å²) in [6.45, 7) is 4.29. The number of rotatable bonds is 3. The summed E-state index contributed by atoms with van der Waals surface area (Å²) in [5.41, 5.74) is 10.8. The zero-order chi connectivity index (χ0) is 8.15. The van der Waals surface area contributed by atoms with E-state index in [1.54, 1.807) is 0 Å². The molecule has 4 heteroatoms. The number of likely N-dealkylation sites (N-methyl/N-ethyl adjacent to an activating group) is 1. The largest absolute Gasteiger partial charge is 0.327 e. The Morgan fingerprint density at radius 1 is 1.70 bits per heavy atom. The van der Waals surface area contributed by atoms with Crippen LogP contribution in [-0.4, -0.2) is 30.1 Å². The van der Waals surface area contributed by atoms with E-state index in [4.69, 9.17) is 11.5 Å². The van der Waals surface area contributed by atoms with Gasteiger partial charge in [0.25, 0.3) is 0 Å². The van der Waals surface area contributed by atoms with Gasteiger partial charge in [-0.3, -0.25) is 4.79 Å². The van der Waals surface area contributed by atoms with Crippen LogP contribution >= 0.6 is 0 Å². The molecule has 0 aliphatic heterocycles. The van der Waals surface area contributed by atoms with Gasteiger partial charge in [-0.15, -0.1) is 0 Å². The first-order valence-electron chi connectivity index (χ1n) is 3.36. The molecule has 0 rings (SSSR count). The minimum atomic E-state index is -0.331. The lowest BCUT2D eigenvalue weighted by molar-refractivity contribution is -0.130. The zero-order valence-corrected chi connectivity index (χ0v) is 6.50. The molecule has 0 saturated heterocycles. The monoisotopic (exact) mass is 145 g/mol. The fourth-order valence-electron chi connectivity index (χ4n) is 0.818. The lowest BCUT2D eigenvalue weighted by atomic mass is 10.4. The van der Waals surface area contributed by atoms with Gasteiger partial charge in [-0.1, -0.05) is 0 Å². The van der Waals surface area contributed by atoms with Crippen LogP contribution in [0.3, 0.4) is 0 Å². The lowest BCUT2D eigenvalue weighted by Gasteiger charge is -2.24. The number of carbonyl (C=O) groups is 1. The molecule has 0 spiro atoms. The van der Waals surface area contributed by atoms with E-state index in [9.17, 15) is 4.79 Å². The topological polar surface area (TPSA) is 72.3 Å². The van der Waals surface area contributed by atoms with Gasteiger partial charge in [0.1, 0.15) is 0 Å². The summed E-state index contributed by atoms with van der Waals surface area (Å²) < 4.78 is 0. The first-order chi connectivity index (χ1) is 4.63. The van der Waals surface area contributed by atoms with Crippen LogP contribution in [0.5, 0.6) is 0 Å². The lowest BCUT2D eigenvalue weighted by Crippen LogP contribution is -2.49. The van der Waals surface area contributed by atoms with E-state index in [1.165, 1.54) is 11.8 Å². The van der Waals surface area contributed by atoms with Crippen molar-refractivity contribution >= 4 is 5.91 Å². The van der Waals surface area contributed by atoms with Crippen molar-refractivity contribution < 1.29 is 4.79 Å². The van der Waals surface area contributed by atoms with Gasteiger partial charge in [0.15, 0.2) is 0 Å². The third-order valence-corrected chi connectivity index (χ3v) is 1.39. The summed E-state index contributed by atoms with van der Waals surface area (Å²) in [6, 6.07) is 0. The molecule has 0 fully saturated rings. The molecule has 4 nitrogen and oxygen atoms in total. The molecule has 0 bridgehead atoms. The molecule has 1 atom stereocenters. The van der Waals surface area contributed by atoms with Crippen LogP contribution in [-0.2, 0) is 4.79 Å². The molecule has 0 aromatic carbocycles. The highest BCUT2D eigenvalue weighted by atomic mass is 16.2. The van der Waals surface area contributed by atoms with E-state index in [2.05, 4.69) is 0 Å². The number of amides is 1. The van der Waals surface area contributed by atoms with Crippen molar-refractivity contribution in [3.05, 3.63) is 0 Å². The second-order valence-corrected chi connectivity index (χ2v) is 2.11. The minimum Gasteiger partial charge on any atom is -0.327 e. The number of nitrogens with zero attached hydrogens (tertiary/aromatic N) is 1. The third kappa shape index (κ3) is 2.33. The maximum Gasteiger partial charge on any atom is 0.220 e. The predicted octanol–water partition coefficient (Wildman–Crippen LogP) is -0.902. The van der Waals surface area contributed by atoms with Gasteiger partial charge < -0.3 is 16.4 Å². The van der Waals surface area contributed by atoms with E-state index in [-0.39, 0.29) is 12.1 Å². The van der Waals surface area contributed by atoms with Crippen LogP contribution in [0.4, 0.5) is 0 Å². The SMILES string of the molecule is CCN(C(C)=O)C(N)CN. The van der Waals surface area contributed by atoms with E-state index in [1.807, 2.05) is 6.92 Å². The smallest absolute Gasteiger partial charge is 0.220 e. The number of hydrogen-bond acceptors (Lipinski definition) is 3. The van der Waals surface area contributed by atoms with Crippen molar-refractivity contribution in [3.63, 3.8) is 0 Å². The Morgan fingerprint density at radius 2 is 2.20 bits per heavy atom. The summed E-state index contributed by atoms with van der Waals surface area (Å²) >= 11 is 0. The van der Waals surface area contributed by atoms with Crippen LogP contribution in [0, 0.1) is 0 Å². The first-order valence-corrected chi connectivity index (χ1v) is 3.36. The van der Waals surface area contributed by atoms with E-state index in [0.29, 0.717) is 13.1 Å². The predicted molar refractivity (Wildman–Crippen MR) is 40.1 cm³/mol. The zero-order valence-electron chi connectivity index (χ0n) is 6.50. The molecule has 1 amide bonds. The van der Waals surface area contributed by atoms with Crippen molar-refractivity contribution in [2.45, 2.75) is 20.0 Å². The maximum atomic E-state index is 10.8. The highest BCUT2D eigenvalue weighted by Crippen LogP contribution is 1.91. The first kappa shape index (κ1) is 9.39. The molecule has 0 heterocycles. The Kier molecular flexibility index (Phi) is 3.99. The fraction of sp³-hybridized carbons (Fsp3) is 0.833. The minimum absolute atomic E-state index is 0.0274. The molecule has 0 saturated carbocycles. The van der Waals surface area contributed by atoms with Gasteiger partial charge in [0.05, 0.1) is 6.17 Å². The highest BCUT2D eigenvalue weighted by Gasteiger charge is 2.12. The quantitative estimate of drug-likeness (QED) is 0.505. The molecule has 0 radical (unpaired) electrons. The van der Waals surface area contributed by atoms with E-state index < -0.39 is 0 Å². The van der Waals surface area contributed by atoms with Crippen LogP contribution < -0.4 is 11.5 Å². The van der Waals surface area contributed by atoms with Gasteiger partial charge in [-0.05, 0) is 6.92 Å². The van der Waals surface area contributed by atoms with Gasteiger partial charge in [-0.2, -0.15) is 0 Å². The molecule has 0 aromatic heterocycles. The summed E-state index contributed by atoms with van der Waals surface area (Å²) in [4.78, 5) is 12.3. The van der Waals surface area contributed by atoms with Gasteiger partial charge in [0.2, 0.25) is 5.91 Å². The Morgan fingerprint density at radius 3 is 2.30 bits per heavy atom. The van der Waals surface area contributed by atoms with Crippen LogP contribution in [0.2, 0.25) is 0 Å². The Hall–Kier alpha value is -0.610. The standard InChI is InChI=1S/C6H15N3O/c1-3-9(5(2)10)6(8)4-7/h6H,3-4,7-8H2,1-2H3. The molecule has 0 aliphatic rings. The Balaban J connectivity index is 3.92. The van der Waals surface area contributed by atoms with Crippen LogP contribution in [0.25, 0.3) is 0 Å². The molecule has 1 unspecified atom stereocenters. The summed E-state index contributed by atoms with van der Waals surface area (Å²) in [6.07, 6.45) is -0.331. The average Bonchev–Trinajstić information content (AvgIpc) is 1.88. The Bertz CT molecular complexity index is 116. The summed E-state index contributed by atoms with van der Waals surface area (Å²) in [7, 11) is 0. The molecule has 0 aromatic rings. The second-order valence-electron chi connectivity index (χ2n) is 2.11. The molecule has 10 heavy (non-hydrogen) atoms. The normalized spacial score (nSPS) is 12.8. The number of nitrogens with two attached hydrogens (primary N) is 2. The molecular formula is C6H15N3O. The summed E-state index contributed by atoms with van der Waals surface area (Å²) in [5.74, 6) is -0.0274. The van der Waals surface area contributed by atoms with Crippen molar-refractivity contribution in [2.24, 2.45) is 11.5 Å². The number of hydrogen-bond donors (Lipinski definition) is 2. The molecule has 4 N–H and O–H groups in total. The summed E-state index contributed by atoms with van der Waals surface area (Å²) in [5, 5.41) is 0. The van der Waals surface area contributed by atoms with Gasteiger partial charge in [0, 0.05) is 20.0 Å². The van der Waals surface area contributed by atoms with Crippen molar-refractivity contribution in [1.82, 2.24) is 4.90 Å². The van der Waals surface area contributed by atoms with Gasteiger partial charge >= 0.3 is 0 Å². The third-order valence-electron chi connectivity index (χ3n) is 1.39. The van der Waals surface area contributed by atoms with Crippen LogP contribution in [0.15, 0.2) is 0 Å². The number of carbonyl (C=O) groups excluding carboxylic acids is 1. The van der Waals surface area contributed by atoms with Gasteiger partial charge in [-0.25, -0.2) is 0 Å². The van der Waals surface area contributed by atoms with E-state index in [0.717, 1.165) is 0 Å². The average molecular weight is 145 g/mol. The molecular weight excluding hydrogens is 130 g/mol. The van der Waals surface area contributed by atoms with Crippen molar-refractivity contribution in [2.75, 3.05) is 13.1 Å². The van der Waals surface area contributed by atoms with Crippen LogP contribution in [0.1, 0.15) is 13.8 Å². The second kappa shape index (κ2) is 4.24. The fourth-order valence-corrected chi connectivity index (χ4v) is 0.818. The maximum absolute atomic E-state index is 10.8. The highest BCUT2D eigenvalue weighted by molar-refractivity contribution is 5.73.